The lowest BCUT2D eigenvalue weighted by molar-refractivity contribution is -0.0896. The second-order valence-electron chi connectivity index (χ2n) is 4.02. The predicted molar refractivity (Wildman–Crippen MR) is 48.9 cm³/mol. The molecular weight excluding hydrogens is 152 g/mol. The normalized spacial score (nSPS) is 39.5. The summed E-state index contributed by atoms with van der Waals surface area (Å²) in [5.41, 5.74) is -0.210. The van der Waals surface area contributed by atoms with Crippen LogP contribution in [0.5, 0.6) is 0 Å². The third kappa shape index (κ3) is 1.50. The van der Waals surface area contributed by atoms with E-state index in [1.54, 1.807) is 6.92 Å². The van der Waals surface area contributed by atoms with E-state index in [4.69, 9.17) is 0 Å². The predicted octanol–water partition coefficient (Wildman–Crippen LogP) is 1.70. The molecule has 1 aliphatic carbocycles. The van der Waals surface area contributed by atoms with Crippen LogP contribution in [0, 0.1) is 5.41 Å². The summed E-state index contributed by atoms with van der Waals surface area (Å²) in [6, 6.07) is 0. The third-order valence-corrected chi connectivity index (χ3v) is 3.52. The third-order valence-electron chi connectivity index (χ3n) is 3.52. The van der Waals surface area contributed by atoms with Gasteiger partial charge in [-0.2, -0.15) is 0 Å². The van der Waals surface area contributed by atoms with Crippen molar-refractivity contribution in [1.29, 1.82) is 0 Å². The largest absolute Gasteiger partial charge is 0.393 e. The van der Waals surface area contributed by atoms with Crippen LogP contribution < -0.4 is 0 Å². The molecule has 1 aliphatic rings. The number of hydrogen-bond acceptors (Lipinski definition) is 2. The standard InChI is InChI=1S/C10H20O2/c1-3-10(8(2)11)7-5-4-6-9(10)12/h8-9,11-12H,3-7H2,1-2H3/t8?,9-,10-/m1/s1. The lowest BCUT2D eigenvalue weighted by Gasteiger charge is -2.43. The van der Waals surface area contributed by atoms with E-state index in [2.05, 4.69) is 6.92 Å². The summed E-state index contributed by atoms with van der Waals surface area (Å²) in [5, 5.41) is 19.5. The van der Waals surface area contributed by atoms with Crippen LogP contribution >= 0.6 is 0 Å². The van der Waals surface area contributed by atoms with Gasteiger partial charge in [0.25, 0.3) is 0 Å². The topological polar surface area (TPSA) is 40.5 Å². The van der Waals surface area contributed by atoms with Crippen molar-refractivity contribution < 1.29 is 10.2 Å². The smallest absolute Gasteiger partial charge is 0.0620 e. The molecule has 2 nitrogen and oxygen atoms in total. The highest BCUT2D eigenvalue weighted by Gasteiger charge is 2.41. The van der Waals surface area contributed by atoms with Crippen molar-refractivity contribution >= 4 is 0 Å². The first-order chi connectivity index (χ1) is 5.63. The Hall–Kier alpha value is -0.0800. The number of rotatable bonds is 2. The quantitative estimate of drug-likeness (QED) is 0.665. The molecule has 1 saturated carbocycles. The van der Waals surface area contributed by atoms with Crippen molar-refractivity contribution in [2.75, 3.05) is 0 Å². The highest BCUT2D eigenvalue weighted by Crippen LogP contribution is 2.42. The SMILES string of the molecule is CC[C@]1(C(C)O)CCCC[C@H]1O. The van der Waals surface area contributed by atoms with Crippen molar-refractivity contribution in [1.82, 2.24) is 0 Å². The highest BCUT2D eigenvalue weighted by atomic mass is 16.3. The van der Waals surface area contributed by atoms with Crippen LogP contribution in [0.2, 0.25) is 0 Å². The van der Waals surface area contributed by atoms with E-state index >= 15 is 0 Å². The van der Waals surface area contributed by atoms with E-state index in [0.29, 0.717) is 0 Å². The number of hydrogen-bond donors (Lipinski definition) is 2. The van der Waals surface area contributed by atoms with E-state index < -0.39 is 0 Å². The van der Waals surface area contributed by atoms with Crippen LogP contribution in [0.15, 0.2) is 0 Å². The van der Waals surface area contributed by atoms with Crippen LogP contribution in [0.3, 0.4) is 0 Å². The molecule has 1 unspecified atom stereocenters. The zero-order valence-electron chi connectivity index (χ0n) is 8.08. The van der Waals surface area contributed by atoms with Crippen molar-refractivity contribution in [2.24, 2.45) is 5.41 Å². The van der Waals surface area contributed by atoms with Crippen LogP contribution in [0.4, 0.5) is 0 Å². The minimum atomic E-state index is -0.377. The van der Waals surface area contributed by atoms with Gasteiger partial charge in [0, 0.05) is 5.41 Å². The molecule has 0 aromatic heterocycles. The second kappa shape index (κ2) is 3.75. The monoisotopic (exact) mass is 172 g/mol. The Bertz CT molecular complexity index is 145. The summed E-state index contributed by atoms with van der Waals surface area (Å²) in [7, 11) is 0. The van der Waals surface area contributed by atoms with Gasteiger partial charge in [0.1, 0.15) is 0 Å². The van der Waals surface area contributed by atoms with Gasteiger partial charge in [0.15, 0.2) is 0 Å². The van der Waals surface area contributed by atoms with Crippen molar-refractivity contribution in [3.05, 3.63) is 0 Å². The summed E-state index contributed by atoms with van der Waals surface area (Å²) >= 11 is 0. The maximum absolute atomic E-state index is 9.83. The van der Waals surface area contributed by atoms with Gasteiger partial charge in [-0.15, -0.1) is 0 Å². The minimum absolute atomic E-state index is 0.210. The summed E-state index contributed by atoms with van der Waals surface area (Å²) in [6.45, 7) is 3.86. The summed E-state index contributed by atoms with van der Waals surface area (Å²) in [5.74, 6) is 0. The van der Waals surface area contributed by atoms with Crippen LogP contribution in [0.25, 0.3) is 0 Å². The first-order valence-electron chi connectivity index (χ1n) is 4.99. The fourth-order valence-corrected chi connectivity index (χ4v) is 2.44. The molecule has 12 heavy (non-hydrogen) atoms. The maximum atomic E-state index is 9.83. The molecular formula is C10H20O2. The van der Waals surface area contributed by atoms with Crippen molar-refractivity contribution in [3.8, 4) is 0 Å². The molecule has 2 heteroatoms. The Morgan fingerprint density at radius 1 is 1.50 bits per heavy atom. The Morgan fingerprint density at radius 3 is 2.50 bits per heavy atom. The number of aliphatic hydroxyl groups excluding tert-OH is 2. The van der Waals surface area contributed by atoms with Gasteiger partial charge in [-0.3, -0.25) is 0 Å². The van der Waals surface area contributed by atoms with Gasteiger partial charge in [0.05, 0.1) is 12.2 Å². The van der Waals surface area contributed by atoms with Crippen LogP contribution in [-0.4, -0.2) is 22.4 Å². The van der Waals surface area contributed by atoms with Crippen molar-refractivity contribution in [2.45, 2.75) is 58.2 Å². The van der Waals surface area contributed by atoms with E-state index in [9.17, 15) is 10.2 Å². The average Bonchev–Trinajstić information content (AvgIpc) is 2.05. The van der Waals surface area contributed by atoms with Gasteiger partial charge in [-0.1, -0.05) is 19.8 Å². The van der Waals surface area contributed by atoms with Crippen LogP contribution in [0.1, 0.15) is 46.0 Å². The molecule has 0 heterocycles. The molecule has 0 amide bonds. The second-order valence-corrected chi connectivity index (χ2v) is 4.02. The van der Waals surface area contributed by atoms with E-state index in [-0.39, 0.29) is 17.6 Å². The van der Waals surface area contributed by atoms with E-state index in [1.165, 1.54) is 0 Å². The molecule has 0 spiro atoms. The summed E-state index contributed by atoms with van der Waals surface area (Å²) in [6.07, 6.45) is 4.30. The minimum Gasteiger partial charge on any atom is -0.393 e. The van der Waals surface area contributed by atoms with Gasteiger partial charge in [-0.05, 0) is 26.2 Å². The molecule has 3 atom stereocenters. The Morgan fingerprint density at radius 2 is 2.17 bits per heavy atom. The first kappa shape index (κ1) is 10.0. The molecule has 0 radical (unpaired) electrons. The highest BCUT2D eigenvalue weighted by molar-refractivity contribution is 4.92. The molecule has 0 aromatic carbocycles. The molecule has 0 aromatic rings. The first-order valence-corrected chi connectivity index (χ1v) is 4.99. The van der Waals surface area contributed by atoms with E-state index in [1.807, 2.05) is 0 Å². The lowest BCUT2D eigenvalue weighted by atomic mass is 9.67. The molecule has 0 aliphatic heterocycles. The fraction of sp³-hybridized carbons (Fsp3) is 1.00. The lowest BCUT2D eigenvalue weighted by Crippen LogP contribution is -2.45. The fourth-order valence-electron chi connectivity index (χ4n) is 2.44. The Labute approximate surface area is 74.6 Å². The molecule has 1 fully saturated rings. The molecule has 72 valence electrons. The van der Waals surface area contributed by atoms with Crippen LogP contribution in [-0.2, 0) is 0 Å². The Balaban J connectivity index is 2.73. The molecule has 2 N–H and O–H groups in total. The summed E-state index contributed by atoms with van der Waals surface area (Å²) in [4.78, 5) is 0. The maximum Gasteiger partial charge on any atom is 0.0620 e. The summed E-state index contributed by atoms with van der Waals surface area (Å²) < 4.78 is 0. The Kier molecular flexibility index (Phi) is 3.13. The van der Waals surface area contributed by atoms with Gasteiger partial charge >= 0.3 is 0 Å². The van der Waals surface area contributed by atoms with Gasteiger partial charge < -0.3 is 10.2 Å². The molecule has 0 saturated heterocycles. The average molecular weight is 172 g/mol. The number of aliphatic hydroxyl groups is 2. The van der Waals surface area contributed by atoms with E-state index in [0.717, 1.165) is 32.1 Å². The molecule has 0 bridgehead atoms. The van der Waals surface area contributed by atoms with Gasteiger partial charge in [-0.25, -0.2) is 0 Å². The zero-order chi connectivity index (χ0) is 9.19. The zero-order valence-corrected chi connectivity index (χ0v) is 8.08. The van der Waals surface area contributed by atoms with Crippen molar-refractivity contribution in [3.63, 3.8) is 0 Å². The van der Waals surface area contributed by atoms with Gasteiger partial charge in [0.2, 0.25) is 0 Å². The molecule has 1 rings (SSSR count).